The standard InChI is InChI=1S/C24H31N5O2S/c1-3-15-4-6-19(7-5-15)20-25-23(29-28-20)32-14(2)21(30)26-22(31)27-24-11-16-8-17(12-24)10-18(9-16)13-24/h4-7,14,16-18H,3,8-13H2,1-2H3,(H,25,28,29)(H2,26,27,30,31). The number of aromatic amines is 1. The molecule has 3 amide bonds. The van der Waals surface area contributed by atoms with E-state index in [0.29, 0.717) is 11.0 Å². The Morgan fingerprint density at radius 1 is 1.12 bits per heavy atom. The van der Waals surface area contributed by atoms with E-state index in [-0.39, 0.29) is 17.5 Å². The van der Waals surface area contributed by atoms with Gasteiger partial charge in [0.25, 0.3) is 0 Å². The van der Waals surface area contributed by atoms with E-state index in [1.54, 1.807) is 6.92 Å². The first-order valence-corrected chi connectivity index (χ1v) is 12.6. The predicted molar refractivity (Wildman–Crippen MR) is 124 cm³/mol. The zero-order valence-electron chi connectivity index (χ0n) is 18.7. The molecule has 1 aromatic carbocycles. The molecule has 1 atom stereocenters. The molecular weight excluding hydrogens is 422 g/mol. The summed E-state index contributed by atoms with van der Waals surface area (Å²) in [5.74, 6) is 2.57. The highest BCUT2D eigenvalue weighted by Gasteiger charge is 2.51. The molecule has 1 aromatic heterocycles. The molecule has 1 heterocycles. The van der Waals surface area contributed by atoms with Crippen LogP contribution in [0.3, 0.4) is 0 Å². The second kappa shape index (κ2) is 8.54. The van der Waals surface area contributed by atoms with Crippen molar-refractivity contribution in [2.24, 2.45) is 17.8 Å². The highest BCUT2D eigenvalue weighted by atomic mass is 32.2. The van der Waals surface area contributed by atoms with Crippen molar-refractivity contribution in [3.63, 3.8) is 0 Å². The number of imide groups is 1. The molecule has 0 radical (unpaired) electrons. The molecule has 1 unspecified atom stereocenters. The van der Waals surface area contributed by atoms with Gasteiger partial charge in [-0.05, 0) is 75.2 Å². The Bertz CT molecular complexity index is 967. The molecule has 4 fully saturated rings. The maximum Gasteiger partial charge on any atom is 0.321 e. The van der Waals surface area contributed by atoms with Gasteiger partial charge >= 0.3 is 6.03 Å². The van der Waals surface area contributed by atoms with Gasteiger partial charge in [0.1, 0.15) is 0 Å². The number of urea groups is 1. The van der Waals surface area contributed by atoms with E-state index in [1.807, 2.05) is 12.1 Å². The Labute approximate surface area is 192 Å². The lowest BCUT2D eigenvalue weighted by atomic mass is 9.53. The number of thioether (sulfide) groups is 1. The van der Waals surface area contributed by atoms with Crippen molar-refractivity contribution in [1.29, 1.82) is 0 Å². The second-order valence-electron chi connectivity index (χ2n) is 9.92. The summed E-state index contributed by atoms with van der Waals surface area (Å²) in [7, 11) is 0. The van der Waals surface area contributed by atoms with E-state index in [0.717, 1.165) is 49.0 Å². The molecule has 0 saturated heterocycles. The quantitative estimate of drug-likeness (QED) is 0.566. The maximum absolute atomic E-state index is 12.6. The molecule has 0 spiro atoms. The van der Waals surface area contributed by atoms with Crippen molar-refractivity contribution < 1.29 is 9.59 Å². The monoisotopic (exact) mass is 453 g/mol. The van der Waals surface area contributed by atoms with Gasteiger partial charge in [-0.2, -0.15) is 0 Å². The Morgan fingerprint density at radius 2 is 1.75 bits per heavy atom. The molecule has 6 rings (SSSR count). The number of H-pyrrole nitrogens is 1. The van der Waals surface area contributed by atoms with Gasteiger partial charge in [0.05, 0.1) is 5.25 Å². The smallest absolute Gasteiger partial charge is 0.321 e. The van der Waals surface area contributed by atoms with Crippen molar-refractivity contribution in [1.82, 2.24) is 25.8 Å². The third-order valence-corrected chi connectivity index (χ3v) is 8.37. The minimum absolute atomic E-state index is 0.110. The molecule has 4 saturated carbocycles. The first kappa shape index (κ1) is 21.5. The summed E-state index contributed by atoms with van der Waals surface area (Å²) in [5.41, 5.74) is 2.11. The van der Waals surface area contributed by atoms with Crippen LogP contribution in [0.5, 0.6) is 0 Å². The van der Waals surface area contributed by atoms with E-state index in [2.05, 4.69) is 44.9 Å². The van der Waals surface area contributed by atoms with Gasteiger partial charge in [0.15, 0.2) is 5.82 Å². The van der Waals surface area contributed by atoms with Gasteiger partial charge < -0.3 is 5.32 Å². The van der Waals surface area contributed by atoms with Crippen LogP contribution in [0, 0.1) is 17.8 Å². The number of aromatic nitrogens is 3. The van der Waals surface area contributed by atoms with Crippen molar-refractivity contribution >= 4 is 23.7 Å². The molecule has 4 bridgehead atoms. The Hall–Kier alpha value is -2.35. The number of hydrogen-bond donors (Lipinski definition) is 3. The number of nitrogens with one attached hydrogen (secondary N) is 3. The van der Waals surface area contributed by atoms with Gasteiger partial charge in [0, 0.05) is 11.1 Å². The highest BCUT2D eigenvalue weighted by Crippen LogP contribution is 2.55. The van der Waals surface area contributed by atoms with Crippen LogP contribution in [0.2, 0.25) is 0 Å². The fourth-order valence-electron chi connectivity index (χ4n) is 6.29. The number of rotatable bonds is 6. The molecule has 4 aliphatic carbocycles. The second-order valence-corrected chi connectivity index (χ2v) is 11.2. The lowest BCUT2D eigenvalue weighted by Crippen LogP contribution is -2.62. The summed E-state index contributed by atoms with van der Waals surface area (Å²) >= 11 is 1.24. The minimum atomic E-state index is -0.483. The zero-order chi connectivity index (χ0) is 22.3. The van der Waals surface area contributed by atoms with E-state index in [9.17, 15) is 9.59 Å². The van der Waals surface area contributed by atoms with Gasteiger partial charge in [-0.3, -0.25) is 15.2 Å². The summed E-state index contributed by atoms with van der Waals surface area (Å²) < 4.78 is 0. The SMILES string of the molecule is CCc1ccc(-c2nc(SC(C)C(=O)NC(=O)NC34CC5CC(CC(C5)C3)C4)n[nH]2)cc1. The normalized spacial score (nSPS) is 29.0. The van der Waals surface area contributed by atoms with E-state index >= 15 is 0 Å². The van der Waals surface area contributed by atoms with Gasteiger partial charge in [-0.15, -0.1) is 5.10 Å². The topological polar surface area (TPSA) is 99.8 Å². The summed E-state index contributed by atoms with van der Waals surface area (Å²) in [6, 6.07) is 7.81. The summed E-state index contributed by atoms with van der Waals surface area (Å²) in [6.07, 6.45) is 8.11. The number of nitrogens with zero attached hydrogens (tertiary/aromatic N) is 2. The van der Waals surface area contributed by atoms with E-state index < -0.39 is 5.25 Å². The predicted octanol–water partition coefficient (Wildman–Crippen LogP) is 4.31. The lowest BCUT2D eigenvalue weighted by molar-refractivity contribution is -0.119. The molecule has 0 aliphatic heterocycles. The Morgan fingerprint density at radius 3 is 2.34 bits per heavy atom. The lowest BCUT2D eigenvalue weighted by Gasteiger charge is -2.56. The van der Waals surface area contributed by atoms with Gasteiger partial charge in [-0.25, -0.2) is 9.78 Å². The van der Waals surface area contributed by atoms with Crippen LogP contribution in [0.4, 0.5) is 4.79 Å². The third kappa shape index (κ3) is 4.42. The molecule has 7 nitrogen and oxygen atoms in total. The van der Waals surface area contributed by atoms with Crippen LogP contribution in [0.25, 0.3) is 11.4 Å². The molecular formula is C24H31N5O2S. The molecule has 170 valence electrons. The van der Waals surface area contributed by atoms with Gasteiger partial charge in [-0.1, -0.05) is 43.0 Å². The number of aryl methyl sites for hydroxylation is 1. The average molecular weight is 454 g/mol. The molecule has 32 heavy (non-hydrogen) atoms. The first-order chi connectivity index (χ1) is 15.4. The largest absolute Gasteiger partial charge is 0.332 e. The van der Waals surface area contributed by atoms with Crippen molar-refractivity contribution in [2.75, 3.05) is 0 Å². The molecule has 4 aliphatic rings. The molecule has 8 heteroatoms. The van der Waals surface area contributed by atoms with Gasteiger partial charge in [0.2, 0.25) is 11.1 Å². The van der Waals surface area contributed by atoms with Crippen LogP contribution in [0.1, 0.15) is 57.9 Å². The average Bonchev–Trinajstić information content (AvgIpc) is 3.20. The van der Waals surface area contributed by atoms with Crippen LogP contribution in [-0.2, 0) is 11.2 Å². The number of carbonyl (C=O) groups excluding carboxylic acids is 2. The Kier molecular flexibility index (Phi) is 5.73. The molecule has 2 aromatic rings. The number of benzene rings is 1. The van der Waals surface area contributed by atoms with Crippen molar-refractivity contribution in [3.8, 4) is 11.4 Å². The maximum atomic E-state index is 12.6. The Balaban J connectivity index is 1.15. The first-order valence-electron chi connectivity index (χ1n) is 11.7. The van der Waals surface area contributed by atoms with E-state index in [1.165, 1.54) is 36.6 Å². The van der Waals surface area contributed by atoms with Crippen LogP contribution >= 0.6 is 11.8 Å². The van der Waals surface area contributed by atoms with Crippen molar-refractivity contribution in [3.05, 3.63) is 29.8 Å². The number of carbonyl (C=O) groups is 2. The summed E-state index contributed by atoms with van der Waals surface area (Å²) in [5, 5.41) is 12.9. The summed E-state index contributed by atoms with van der Waals surface area (Å²) in [6.45, 7) is 3.89. The fourth-order valence-corrected chi connectivity index (χ4v) is 7.01. The van der Waals surface area contributed by atoms with Crippen LogP contribution in [-0.4, -0.2) is 37.9 Å². The number of hydrogen-bond acceptors (Lipinski definition) is 5. The number of amides is 3. The highest BCUT2D eigenvalue weighted by molar-refractivity contribution is 8.00. The van der Waals surface area contributed by atoms with E-state index in [4.69, 9.17) is 0 Å². The molecule has 3 N–H and O–H groups in total. The third-order valence-electron chi connectivity index (χ3n) is 7.41. The van der Waals surface area contributed by atoms with Crippen LogP contribution < -0.4 is 10.6 Å². The summed E-state index contributed by atoms with van der Waals surface area (Å²) in [4.78, 5) is 29.8. The van der Waals surface area contributed by atoms with Crippen molar-refractivity contribution in [2.45, 2.75) is 74.7 Å². The fraction of sp³-hybridized carbons (Fsp3) is 0.583. The zero-order valence-corrected chi connectivity index (χ0v) is 19.5. The minimum Gasteiger partial charge on any atom is -0.332 e. The van der Waals surface area contributed by atoms with Crippen LogP contribution in [0.15, 0.2) is 29.4 Å².